The van der Waals surface area contributed by atoms with Crippen LogP contribution in [-0.4, -0.2) is 20.4 Å². The predicted octanol–water partition coefficient (Wildman–Crippen LogP) is 4.01. The fourth-order valence-corrected chi connectivity index (χ4v) is 4.68. The van der Waals surface area contributed by atoms with E-state index in [1.807, 2.05) is 39.8 Å². The van der Waals surface area contributed by atoms with Gasteiger partial charge in [-0.15, -0.1) is 0 Å². The van der Waals surface area contributed by atoms with E-state index < -0.39 is 9.84 Å². The van der Waals surface area contributed by atoms with E-state index in [-0.39, 0.29) is 33.2 Å². The van der Waals surface area contributed by atoms with Gasteiger partial charge in [0.05, 0.1) is 21.0 Å². The van der Waals surface area contributed by atoms with Crippen molar-refractivity contribution in [2.45, 2.75) is 49.4 Å². The Hall–Kier alpha value is -2.14. The maximum absolute atomic E-state index is 13.1. The van der Waals surface area contributed by atoms with Crippen LogP contribution in [-0.2, 0) is 9.84 Å². The lowest BCUT2D eigenvalue weighted by Gasteiger charge is -2.27. The van der Waals surface area contributed by atoms with E-state index in [2.05, 4.69) is 0 Å². The second-order valence-electron chi connectivity index (χ2n) is 6.65. The van der Waals surface area contributed by atoms with E-state index >= 15 is 0 Å². The molecule has 0 N–H and O–H groups in total. The van der Waals surface area contributed by atoms with E-state index in [1.54, 1.807) is 29.2 Å². The molecule has 0 spiro atoms. The third kappa shape index (κ3) is 2.44. The third-order valence-corrected chi connectivity index (χ3v) is 6.20. The Kier molecular flexibility index (Phi) is 4.00. The van der Waals surface area contributed by atoms with Crippen LogP contribution in [0.15, 0.2) is 52.3 Å². The molecule has 0 bridgehead atoms. The van der Waals surface area contributed by atoms with Crippen LogP contribution in [0.25, 0.3) is 0 Å². The van der Waals surface area contributed by atoms with Crippen LogP contribution >= 0.6 is 0 Å². The zero-order chi connectivity index (χ0) is 17.6. The van der Waals surface area contributed by atoms with Gasteiger partial charge in [0.2, 0.25) is 9.84 Å². The molecule has 0 atom stereocenters. The van der Waals surface area contributed by atoms with Crippen molar-refractivity contribution in [3.63, 3.8) is 0 Å². The molecule has 1 aliphatic rings. The minimum Gasteiger partial charge on any atom is -0.304 e. The van der Waals surface area contributed by atoms with Gasteiger partial charge in [0.25, 0.3) is 5.91 Å². The summed E-state index contributed by atoms with van der Waals surface area (Å²) in [4.78, 5) is 14.9. The maximum Gasteiger partial charge on any atom is 0.259 e. The molecule has 1 amide bonds. The Bertz CT molecular complexity index is 914. The number of sulfone groups is 1. The fraction of sp³-hybridized carbons (Fsp3) is 0.316. The first-order valence-corrected chi connectivity index (χ1v) is 9.55. The molecular formula is C19H21NO3S. The molecule has 0 saturated heterocycles. The van der Waals surface area contributed by atoms with E-state index in [9.17, 15) is 13.2 Å². The lowest BCUT2D eigenvalue weighted by Crippen LogP contribution is -2.37. The number of carbonyl (C=O) groups excluding carboxylic acids is 1. The highest BCUT2D eigenvalue weighted by atomic mass is 32.2. The number of rotatable bonds is 2. The van der Waals surface area contributed by atoms with Crippen LogP contribution in [0.5, 0.6) is 0 Å². The lowest BCUT2D eigenvalue weighted by atomic mass is 10.0. The van der Waals surface area contributed by atoms with Crippen molar-refractivity contribution < 1.29 is 13.2 Å². The van der Waals surface area contributed by atoms with Gasteiger partial charge in [-0.3, -0.25) is 4.79 Å². The van der Waals surface area contributed by atoms with Crippen molar-refractivity contribution in [3.05, 3.63) is 53.6 Å². The van der Waals surface area contributed by atoms with Crippen LogP contribution in [0.1, 0.15) is 49.5 Å². The molecular weight excluding hydrogens is 322 g/mol. The summed E-state index contributed by atoms with van der Waals surface area (Å²) in [5.41, 5.74) is 1.71. The average molecular weight is 343 g/mol. The molecule has 5 heteroatoms. The molecule has 24 heavy (non-hydrogen) atoms. The summed E-state index contributed by atoms with van der Waals surface area (Å²) in [5.74, 6) is -0.0309. The molecule has 1 aliphatic heterocycles. The number of hydrogen-bond acceptors (Lipinski definition) is 3. The van der Waals surface area contributed by atoms with Gasteiger partial charge in [-0.05, 0) is 49.6 Å². The van der Waals surface area contributed by atoms with E-state index in [1.165, 1.54) is 6.07 Å². The summed E-state index contributed by atoms with van der Waals surface area (Å²) in [7, 11) is -3.74. The highest BCUT2D eigenvalue weighted by molar-refractivity contribution is 7.91. The highest BCUT2D eigenvalue weighted by Crippen LogP contribution is 2.39. The quantitative estimate of drug-likeness (QED) is 0.828. The number of benzene rings is 2. The summed E-state index contributed by atoms with van der Waals surface area (Å²) in [6.07, 6.45) is 0. The second kappa shape index (κ2) is 5.74. The molecule has 0 aliphatic carbocycles. The van der Waals surface area contributed by atoms with Crippen LogP contribution in [0.2, 0.25) is 0 Å². The Morgan fingerprint density at radius 2 is 1.58 bits per heavy atom. The molecule has 1 heterocycles. The van der Waals surface area contributed by atoms with Crippen LogP contribution in [0.4, 0.5) is 5.69 Å². The van der Waals surface area contributed by atoms with Crippen molar-refractivity contribution >= 4 is 21.4 Å². The van der Waals surface area contributed by atoms with Gasteiger partial charge in [-0.25, -0.2) is 8.42 Å². The van der Waals surface area contributed by atoms with Crippen LogP contribution in [0.3, 0.4) is 0 Å². The molecule has 0 fully saturated rings. The molecule has 0 radical (unpaired) electrons. The van der Waals surface area contributed by atoms with Gasteiger partial charge in [0.1, 0.15) is 0 Å². The van der Waals surface area contributed by atoms with Crippen molar-refractivity contribution in [2.24, 2.45) is 0 Å². The molecule has 0 unspecified atom stereocenters. The lowest BCUT2D eigenvalue weighted by molar-refractivity contribution is 0.0977. The third-order valence-electron chi connectivity index (χ3n) is 4.34. The number of hydrogen-bond donors (Lipinski definition) is 0. The molecule has 2 aromatic rings. The normalized spacial score (nSPS) is 16.1. The van der Waals surface area contributed by atoms with Gasteiger partial charge in [0, 0.05) is 6.04 Å². The van der Waals surface area contributed by atoms with Crippen molar-refractivity contribution in [1.82, 2.24) is 0 Å². The largest absolute Gasteiger partial charge is 0.304 e. The second-order valence-corrected chi connectivity index (χ2v) is 8.54. The Balaban J connectivity index is 2.41. The smallest absolute Gasteiger partial charge is 0.259 e. The zero-order valence-electron chi connectivity index (χ0n) is 14.3. The van der Waals surface area contributed by atoms with E-state index in [0.717, 1.165) is 5.56 Å². The number of anilines is 1. The highest BCUT2D eigenvalue weighted by Gasteiger charge is 2.36. The van der Waals surface area contributed by atoms with Gasteiger partial charge in [-0.1, -0.05) is 32.0 Å². The van der Waals surface area contributed by atoms with Crippen molar-refractivity contribution in [2.75, 3.05) is 4.90 Å². The molecule has 0 aromatic heterocycles. The molecule has 2 aromatic carbocycles. The summed E-state index contributed by atoms with van der Waals surface area (Å²) in [5, 5.41) is 0. The minimum atomic E-state index is -3.74. The Morgan fingerprint density at radius 1 is 0.917 bits per heavy atom. The predicted molar refractivity (Wildman–Crippen MR) is 94.4 cm³/mol. The van der Waals surface area contributed by atoms with Gasteiger partial charge in [-0.2, -0.15) is 0 Å². The first-order chi connectivity index (χ1) is 11.2. The van der Waals surface area contributed by atoms with Crippen LogP contribution < -0.4 is 4.90 Å². The molecule has 4 nitrogen and oxygen atoms in total. The monoisotopic (exact) mass is 343 g/mol. The van der Waals surface area contributed by atoms with Gasteiger partial charge < -0.3 is 4.90 Å². The number of fused-ring (bicyclic) bond motifs is 2. The Morgan fingerprint density at radius 3 is 2.21 bits per heavy atom. The summed E-state index contributed by atoms with van der Waals surface area (Å²) < 4.78 is 26.3. The number of carbonyl (C=O) groups is 1. The van der Waals surface area contributed by atoms with Gasteiger partial charge >= 0.3 is 0 Å². The fourth-order valence-electron chi connectivity index (χ4n) is 3.06. The van der Waals surface area contributed by atoms with E-state index in [0.29, 0.717) is 5.69 Å². The molecule has 126 valence electrons. The number of nitrogens with zero attached hydrogens (tertiary/aromatic N) is 1. The average Bonchev–Trinajstić information content (AvgIpc) is 2.60. The Labute approximate surface area is 143 Å². The van der Waals surface area contributed by atoms with E-state index in [4.69, 9.17) is 0 Å². The number of amides is 1. The topological polar surface area (TPSA) is 54.5 Å². The van der Waals surface area contributed by atoms with Crippen LogP contribution in [0, 0.1) is 0 Å². The standard InChI is InChI=1S/C19H21NO3S/c1-12(2)14-9-10-18-16(11-14)20(13(3)4)19(21)15-7-5-6-8-17(15)24(18,22)23/h5-13H,1-4H3. The summed E-state index contributed by atoms with van der Waals surface area (Å²) in [6.45, 7) is 7.88. The zero-order valence-corrected chi connectivity index (χ0v) is 15.1. The SMILES string of the molecule is CC(C)c1ccc2c(c1)N(C(C)C)C(=O)c1ccccc1S2(=O)=O. The van der Waals surface area contributed by atoms with Crippen molar-refractivity contribution in [3.8, 4) is 0 Å². The first kappa shape index (κ1) is 16.7. The maximum atomic E-state index is 13.1. The molecule has 0 saturated carbocycles. The summed E-state index contributed by atoms with van der Waals surface area (Å²) >= 11 is 0. The summed E-state index contributed by atoms with van der Waals surface area (Å²) in [6, 6.07) is 11.6. The minimum absolute atomic E-state index is 0.0803. The van der Waals surface area contributed by atoms with Crippen molar-refractivity contribution in [1.29, 1.82) is 0 Å². The first-order valence-electron chi connectivity index (χ1n) is 8.06. The molecule has 3 rings (SSSR count). The van der Waals surface area contributed by atoms with Gasteiger partial charge in [0.15, 0.2) is 0 Å².